The highest BCUT2D eigenvalue weighted by atomic mass is 16.5. The first-order valence-electron chi connectivity index (χ1n) is 5.28. The number of ether oxygens (including phenoxy) is 1. The number of esters is 1. The lowest BCUT2D eigenvalue weighted by molar-refractivity contribution is -0.148. The van der Waals surface area contributed by atoms with Gasteiger partial charge in [0.1, 0.15) is 5.82 Å². The van der Waals surface area contributed by atoms with Gasteiger partial charge in [0.25, 0.3) is 0 Å². The lowest BCUT2D eigenvalue weighted by Crippen LogP contribution is -2.47. The van der Waals surface area contributed by atoms with E-state index in [9.17, 15) is 9.59 Å². The number of imidazole rings is 1. The topological polar surface area (TPSA) is 110 Å². The van der Waals surface area contributed by atoms with Crippen molar-refractivity contribution in [2.45, 2.75) is 25.9 Å². The van der Waals surface area contributed by atoms with Crippen LogP contribution >= 0.6 is 0 Å². The average Bonchev–Trinajstić information content (AvgIpc) is 2.81. The quantitative estimate of drug-likeness (QED) is 0.473. The van der Waals surface area contributed by atoms with Crippen molar-refractivity contribution < 1.29 is 14.3 Å². The molecule has 2 atom stereocenters. The van der Waals surface area contributed by atoms with Crippen LogP contribution in [-0.4, -0.2) is 34.5 Å². The molecule has 1 heterocycles. The van der Waals surface area contributed by atoms with Gasteiger partial charge in [0.05, 0.1) is 12.6 Å². The predicted molar refractivity (Wildman–Crippen MR) is 59.8 cm³/mol. The zero-order valence-corrected chi connectivity index (χ0v) is 9.77. The molecule has 17 heavy (non-hydrogen) atoms. The maximum absolute atomic E-state index is 11.6. The second kappa shape index (κ2) is 6.00. The summed E-state index contributed by atoms with van der Waals surface area (Å²) in [6.07, 6.45) is 3.21. The number of carbonyl (C=O) groups excluding carboxylic acids is 2. The van der Waals surface area contributed by atoms with Gasteiger partial charge < -0.3 is 20.8 Å². The van der Waals surface area contributed by atoms with Crippen molar-refractivity contribution in [3.8, 4) is 0 Å². The fourth-order valence-corrected chi connectivity index (χ4v) is 1.22. The number of hydrogen-bond donors (Lipinski definition) is 3. The Hall–Kier alpha value is -1.89. The number of hydrogen-bond acceptors (Lipinski definition) is 5. The number of H-pyrrole nitrogens is 1. The van der Waals surface area contributed by atoms with Crippen LogP contribution in [0.4, 0.5) is 0 Å². The van der Waals surface area contributed by atoms with E-state index in [0.29, 0.717) is 5.82 Å². The minimum Gasteiger partial charge on any atom is -0.464 e. The van der Waals surface area contributed by atoms with Gasteiger partial charge in [0, 0.05) is 12.4 Å². The van der Waals surface area contributed by atoms with E-state index < -0.39 is 17.9 Å². The molecule has 0 aromatic carbocycles. The van der Waals surface area contributed by atoms with Gasteiger partial charge in [-0.1, -0.05) is 0 Å². The zero-order valence-electron chi connectivity index (χ0n) is 9.77. The number of rotatable bonds is 5. The molecule has 0 saturated carbocycles. The standard InChI is InChI=1S/C10H16N4O3/c1-3-17-10(16)7(11)9(15)14-6(2)8-12-4-5-13-8/h4-7H,3,11H2,1-2H3,(H,12,13)(H,14,15). The summed E-state index contributed by atoms with van der Waals surface area (Å²) in [5.41, 5.74) is 5.43. The Labute approximate surface area is 98.7 Å². The number of nitrogens with one attached hydrogen (secondary N) is 2. The molecule has 1 aromatic rings. The van der Waals surface area contributed by atoms with E-state index in [4.69, 9.17) is 5.73 Å². The Balaban J connectivity index is 2.51. The lowest BCUT2D eigenvalue weighted by atomic mass is 10.2. The smallest absolute Gasteiger partial charge is 0.332 e. The Bertz CT molecular complexity index is 377. The summed E-state index contributed by atoms with van der Waals surface area (Å²) in [4.78, 5) is 29.6. The number of aromatic amines is 1. The van der Waals surface area contributed by atoms with Gasteiger partial charge in [-0.15, -0.1) is 0 Å². The molecular weight excluding hydrogens is 224 g/mol. The third kappa shape index (κ3) is 3.56. The SMILES string of the molecule is CCOC(=O)C(N)C(=O)NC(C)c1ncc[nH]1. The first kappa shape index (κ1) is 13.2. The van der Waals surface area contributed by atoms with Gasteiger partial charge in [-0.25, -0.2) is 9.78 Å². The molecule has 0 aliphatic carbocycles. The summed E-state index contributed by atoms with van der Waals surface area (Å²) in [6, 6.07) is -1.66. The number of nitrogens with zero attached hydrogens (tertiary/aromatic N) is 1. The van der Waals surface area contributed by atoms with E-state index in [1.165, 1.54) is 0 Å². The van der Waals surface area contributed by atoms with E-state index in [1.807, 2.05) is 0 Å². The first-order valence-corrected chi connectivity index (χ1v) is 5.28. The van der Waals surface area contributed by atoms with Crippen LogP contribution in [0.25, 0.3) is 0 Å². The lowest BCUT2D eigenvalue weighted by Gasteiger charge is -2.15. The largest absolute Gasteiger partial charge is 0.464 e. The van der Waals surface area contributed by atoms with Crippen LogP contribution < -0.4 is 11.1 Å². The Morgan fingerprint density at radius 3 is 2.88 bits per heavy atom. The molecule has 4 N–H and O–H groups in total. The predicted octanol–water partition coefficient (Wildman–Crippen LogP) is -0.523. The molecule has 0 radical (unpaired) electrons. The molecular formula is C10H16N4O3. The minimum absolute atomic E-state index is 0.188. The van der Waals surface area contributed by atoms with E-state index in [2.05, 4.69) is 20.0 Å². The van der Waals surface area contributed by atoms with Gasteiger partial charge in [0.15, 0.2) is 6.04 Å². The molecule has 1 aromatic heterocycles. The van der Waals surface area contributed by atoms with Gasteiger partial charge in [0.2, 0.25) is 5.91 Å². The second-order valence-corrected chi connectivity index (χ2v) is 3.43. The van der Waals surface area contributed by atoms with Crippen LogP contribution in [-0.2, 0) is 14.3 Å². The average molecular weight is 240 g/mol. The van der Waals surface area contributed by atoms with Gasteiger partial charge in [-0.2, -0.15) is 0 Å². The van der Waals surface area contributed by atoms with Crippen LogP contribution in [0.1, 0.15) is 25.7 Å². The normalized spacial score (nSPS) is 13.8. The molecule has 0 aliphatic heterocycles. The van der Waals surface area contributed by atoms with Crippen LogP contribution in [0.5, 0.6) is 0 Å². The highest BCUT2D eigenvalue weighted by Gasteiger charge is 2.25. The van der Waals surface area contributed by atoms with Crippen molar-refractivity contribution in [2.75, 3.05) is 6.61 Å². The van der Waals surface area contributed by atoms with Crippen molar-refractivity contribution in [1.29, 1.82) is 0 Å². The minimum atomic E-state index is -1.31. The molecule has 2 unspecified atom stereocenters. The molecule has 0 bridgehead atoms. The first-order chi connectivity index (χ1) is 8.06. The number of amides is 1. The number of carbonyl (C=O) groups is 2. The Kier molecular flexibility index (Phi) is 4.65. The summed E-state index contributed by atoms with van der Waals surface area (Å²) in [6.45, 7) is 3.57. The number of nitrogens with two attached hydrogens (primary N) is 1. The highest BCUT2D eigenvalue weighted by Crippen LogP contribution is 2.05. The third-order valence-corrected chi connectivity index (χ3v) is 2.11. The van der Waals surface area contributed by atoms with Crippen molar-refractivity contribution in [3.05, 3.63) is 18.2 Å². The maximum Gasteiger partial charge on any atom is 0.332 e. The molecule has 0 spiro atoms. The molecule has 94 valence electrons. The summed E-state index contributed by atoms with van der Waals surface area (Å²) in [5.74, 6) is -0.738. The van der Waals surface area contributed by atoms with Crippen molar-refractivity contribution in [3.63, 3.8) is 0 Å². The molecule has 7 heteroatoms. The van der Waals surface area contributed by atoms with E-state index in [-0.39, 0.29) is 12.6 Å². The molecule has 0 saturated heterocycles. The van der Waals surface area contributed by atoms with Gasteiger partial charge in [-0.05, 0) is 13.8 Å². The fourth-order valence-electron chi connectivity index (χ4n) is 1.22. The van der Waals surface area contributed by atoms with Crippen LogP contribution in [0.3, 0.4) is 0 Å². The highest BCUT2D eigenvalue weighted by molar-refractivity contribution is 6.01. The van der Waals surface area contributed by atoms with Crippen molar-refractivity contribution in [1.82, 2.24) is 15.3 Å². The van der Waals surface area contributed by atoms with E-state index in [1.54, 1.807) is 26.2 Å². The third-order valence-electron chi connectivity index (χ3n) is 2.11. The van der Waals surface area contributed by atoms with Crippen molar-refractivity contribution in [2.24, 2.45) is 5.73 Å². The second-order valence-electron chi connectivity index (χ2n) is 3.43. The van der Waals surface area contributed by atoms with Crippen molar-refractivity contribution >= 4 is 11.9 Å². The summed E-state index contributed by atoms with van der Waals surface area (Å²) >= 11 is 0. The van der Waals surface area contributed by atoms with E-state index >= 15 is 0 Å². The van der Waals surface area contributed by atoms with Crippen LogP contribution in [0.2, 0.25) is 0 Å². The molecule has 1 rings (SSSR count). The molecule has 0 aliphatic rings. The van der Waals surface area contributed by atoms with Gasteiger partial charge in [-0.3, -0.25) is 4.79 Å². The maximum atomic E-state index is 11.6. The molecule has 1 amide bonds. The monoisotopic (exact) mass is 240 g/mol. The zero-order chi connectivity index (χ0) is 12.8. The van der Waals surface area contributed by atoms with Crippen LogP contribution in [0, 0.1) is 0 Å². The van der Waals surface area contributed by atoms with Crippen LogP contribution in [0.15, 0.2) is 12.4 Å². The Morgan fingerprint density at radius 2 is 2.35 bits per heavy atom. The number of aromatic nitrogens is 2. The summed E-state index contributed by atoms with van der Waals surface area (Å²) < 4.78 is 4.65. The summed E-state index contributed by atoms with van der Waals surface area (Å²) in [7, 11) is 0. The molecule has 0 fully saturated rings. The summed E-state index contributed by atoms with van der Waals surface area (Å²) in [5, 5.41) is 2.56. The molecule has 7 nitrogen and oxygen atoms in total. The van der Waals surface area contributed by atoms with E-state index in [0.717, 1.165) is 0 Å². The Morgan fingerprint density at radius 1 is 1.65 bits per heavy atom. The van der Waals surface area contributed by atoms with Gasteiger partial charge >= 0.3 is 5.97 Å². The fraction of sp³-hybridized carbons (Fsp3) is 0.500.